The maximum atomic E-state index is 8.02. The van der Waals surface area contributed by atoms with Crippen LogP contribution < -0.4 is 5.32 Å². The minimum atomic E-state index is -0.100. The standard InChI is InChI=1S/C35H26N4/c1-2-33-29(22-36)28-11-5-6-15-34(28)39(33)35-16-8-14-32(38-35)31-13-7-12-30(37-31)25-19-20-27-24(21-25)18-17-23-9-3-4-10-26(23)27/h2-22,32,36,38H,1H2. The van der Waals surface area contributed by atoms with Crippen molar-refractivity contribution in [2.45, 2.75) is 6.04 Å². The van der Waals surface area contributed by atoms with Crippen LogP contribution >= 0.6 is 0 Å². The zero-order valence-corrected chi connectivity index (χ0v) is 21.3. The Hall–Kier alpha value is -5.22. The number of nitrogens with one attached hydrogen (secondary N) is 2. The monoisotopic (exact) mass is 502 g/mol. The first-order chi connectivity index (χ1) is 19.2. The Bertz CT molecular complexity index is 1990. The zero-order chi connectivity index (χ0) is 26.3. The number of benzene rings is 4. The Morgan fingerprint density at radius 1 is 0.821 bits per heavy atom. The van der Waals surface area contributed by atoms with Gasteiger partial charge < -0.3 is 10.7 Å². The molecule has 0 fully saturated rings. The molecule has 1 atom stereocenters. The summed E-state index contributed by atoms with van der Waals surface area (Å²) in [5.74, 6) is 0.923. The molecule has 2 aromatic heterocycles. The molecule has 4 nitrogen and oxygen atoms in total. The highest BCUT2D eigenvalue weighted by Crippen LogP contribution is 2.32. The highest BCUT2D eigenvalue weighted by atomic mass is 15.2. The van der Waals surface area contributed by atoms with Crippen molar-refractivity contribution in [2.75, 3.05) is 0 Å². The molecule has 4 aromatic carbocycles. The first kappa shape index (κ1) is 22.9. The summed E-state index contributed by atoms with van der Waals surface area (Å²) in [6.07, 6.45) is 9.47. The van der Waals surface area contributed by atoms with Gasteiger partial charge in [-0.15, -0.1) is 0 Å². The molecule has 0 bridgehead atoms. The Labute approximate surface area is 226 Å². The van der Waals surface area contributed by atoms with Crippen LogP contribution in [-0.2, 0) is 0 Å². The number of allylic oxidation sites excluding steroid dienone is 2. The second kappa shape index (κ2) is 9.26. The maximum Gasteiger partial charge on any atom is 0.111 e. The maximum absolute atomic E-state index is 8.02. The predicted octanol–water partition coefficient (Wildman–Crippen LogP) is 8.35. The molecule has 6 aromatic rings. The van der Waals surface area contributed by atoms with Crippen LogP contribution in [0.25, 0.3) is 55.6 Å². The summed E-state index contributed by atoms with van der Waals surface area (Å²) in [4.78, 5) is 5.08. The van der Waals surface area contributed by atoms with Crippen LogP contribution in [0.3, 0.4) is 0 Å². The number of hydrogen-bond acceptors (Lipinski definition) is 3. The number of hydrogen-bond donors (Lipinski definition) is 2. The second-order valence-electron chi connectivity index (χ2n) is 9.73. The fourth-order valence-corrected chi connectivity index (χ4v) is 5.68. The Balaban J connectivity index is 1.25. The average molecular weight is 503 g/mol. The third kappa shape index (κ3) is 3.77. The van der Waals surface area contributed by atoms with Gasteiger partial charge in [-0.05, 0) is 58.0 Å². The lowest BCUT2D eigenvalue weighted by Gasteiger charge is -2.24. The molecular weight excluding hydrogens is 476 g/mol. The van der Waals surface area contributed by atoms with Gasteiger partial charge in [-0.1, -0.05) is 91.5 Å². The lowest BCUT2D eigenvalue weighted by molar-refractivity contribution is 0.710. The van der Waals surface area contributed by atoms with E-state index >= 15 is 0 Å². The van der Waals surface area contributed by atoms with Crippen LogP contribution in [0.1, 0.15) is 23.0 Å². The van der Waals surface area contributed by atoms with Crippen LogP contribution in [-0.4, -0.2) is 15.8 Å². The van der Waals surface area contributed by atoms with E-state index in [-0.39, 0.29) is 6.04 Å². The van der Waals surface area contributed by atoms with Crippen molar-refractivity contribution in [2.24, 2.45) is 0 Å². The van der Waals surface area contributed by atoms with Gasteiger partial charge in [0.25, 0.3) is 0 Å². The number of aromatic nitrogens is 2. The quantitative estimate of drug-likeness (QED) is 0.184. The highest BCUT2D eigenvalue weighted by molar-refractivity contribution is 6.08. The molecule has 7 rings (SSSR count). The number of pyridine rings is 1. The molecule has 3 heterocycles. The molecule has 4 heteroatoms. The van der Waals surface area contributed by atoms with Gasteiger partial charge in [0.2, 0.25) is 0 Å². The van der Waals surface area contributed by atoms with Crippen molar-refractivity contribution < 1.29 is 0 Å². The molecule has 1 aliphatic rings. The van der Waals surface area contributed by atoms with E-state index in [0.717, 1.165) is 44.9 Å². The molecule has 2 N–H and O–H groups in total. The predicted molar refractivity (Wildman–Crippen MR) is 164 cm³/mol. The van der Waals surface area contributed by atoms with Crippen molar-refractivity contribution in [1.29, 1.82) is 5.41 Å². The first-order valence-corrected chi connectivity index (χ1v) is 13.1. The van der Waals surface area contributed by atoms with Gasteiger partial charge >= 0.3 is 0 Å². The van der Waals surface area contributed by atoms with Crippen molar-refractivity contribution in [3.8, 4) is 11.3 Å². The molecule has 1 aliphatic heterocycles. The lowest BCUT2D eigenvalue weighted by atomic mass is 9.99. The smallest absolute Gasteiger partial charge is 0.111 e. The minimum absolute atomic E-state index is 0.100. The largest absolute Gasteiger partial charge is 0.359 e. The molecule has 0 spiro atoms. The molecule has 0 saturated carbocycles. The topological polar surface area (TPSA) is 53.7 Å². The van der Waals surface area contributed by atoms with Gasteiger partial charge in [-0.25, -0.2) is 0 Å². The summed E-state index contributed by atoms with van der Waals surface area (Å²) in [5.41, 5.74) is 5.76. The summed E-state index contributed by atoms with van der Waals surface area (Å²) < 4.78 is 2.14. The van der Waals surface area contributed by atoms with E-state index in [2.05, 4.69) is 114 Å². The fourth-order valence-electron chi connectivity index (χ4n) is 5.68. The molecule has 0 saturated heterocycles. The third-order valence-electron chi connectivity index (χ3n) is 7.52. The second-order valence-corrected chi connectivity index (χ2v) is 9.73. The third-order valence-corrected chi connectivity index (χ3v) is 7.52. The van der Waals surface area contributed by atoms with Gasteiger partial charge in [-0.2, -0.15) is 0 Å². The number of fused-ring (bicyclic) bond motifs is 4. The van der Waals surface area contributed by atoms with Crippen molar-refractivity contribution in [3.63, 3.8) is 0 Å². The molecule has 0 radical (unpaired) electrons. The summed E-state index contributed by atoms with van der Waals surface area (Å²) in [6.45, 7) is 4.04. The molecule has 39 heavy (non-hydrogen) atoms. The van der Waals surface area contributed by atoms with Crippen LogP contribution in [0.4, 0.5) is 0 Å². The number of para-hydroxylation sites is 1. The van der Waals surface area contributed by atoms with Crippen LogP contribution in [0.2, 0.25) is 0 Å². The van der Waals surface area contributed by atoms with E-state index in [9.17, 15) is 0 Å². The molecule has 0 aliphatic carbocycles. The summed E-state index contributed by atoms with van der Waals surface area (Å²) in [6, 6.07) is 33.7. The van der Waals surface area contributed by atoms with E-state index in [1.54, 1.807) is 0 Å². The highest BCUT2D eigenvalue weighted by Gasteiger charge is 2.20. The zero-order valence-electron chi connectivity index (χ0n) is 21.3. The molecular formula is C35H26N4. The van der Waals surface area contributed by atoms with E-state index in [0.29, 0.717) is 0 Å². The van der Waals surface area contributed by atoms with E-state index < -0.39 is 0 Å². The van der Waals surface area contributed by atoms with Crippen LogP contribution in [0.5, 0.6) is 0 Å². The molecule has 1 unspecified atom stereocenters. The van der Waals surface area contributed by atoms with Gasteiger partial charge in [0.1, 0.15) is 5.82 Å². The number of rotatable bonds is 5. The first-order valence-electron chi connectivity index (χ1n) is 13.1. The summed E-state index contributed by atoms with van der Waals surface area (Å²) >= 11 is 0. The Morgan fingerprint density at radius 3 is 2.49 bits per heavy atom. The summed E-state index contributed by atoms with van der Waals surface area (Å²) in [5, 5.41) is 17.7. The normalized spacial score (nSPS) is 14.9. The van der Waals surface area contributed by atoms with Crippen molar-refractivity contribution in [3.05, 3.63) is 139 Å². The number of dihydropyridines is 1. The van der Waals surface area contributed by atoms with E-state index in [1.165, 1.54) is 27.8 Å². The minimum Gasteiger partial charge on any atom is -0.359 e. The van der Waals surface area contributed by atoms with E-state index in [4.69, 9.17) is 10.4 Å². The SMILES string of the molecule is C=Cc1c(C=N)c2ccccc2n1C1=CC=CC(c2cccc(-c3ccc4c(ccc5ccccc54)c3)n2)N1. The summed E-state index contributed by atoms with van der Waals surface area (Å²) in [7, 11) is 0. The lowest BCUT2D eigenvalue weighted by Crippen LogP contribution is -2.25. The van der Waals surface area contributed by atoms with Gasteiger partial charge in [0.15, 0.2) is 0 Å². The van der Waals surface area contributed by atoms with Gasteiger partial charge in [-0.3, -0.25) is 9.55 Å². The van der Waals surface area contributed by atoms with E-state index in [1.807, 2.05) is 24.3 Å². The fraction of sp³-hybridized carbons (Fsp3) is 0.0286. The average Bonchev–Trinajstić information content (AvgIpc) is 3.34. The van der Waals surface area contributed by atoms with Crippen molar-refractivity contribution >= 4 is 50.6 Å². The number of nitrogens with zero attached hydrogens (tertiary/aromatic N) is 2. The Morgan fingerprint density at radius 2 is 1.62 bits per heavy atom. The van der Waals surface area contributed by atoms with Gasteiger partial charge in [0.05, 0.1) is 28.6 Å². The van der Waals surface area contributed by atoms with Gasteiger partial charge in [0, 0.05) is 22.7 Å². The Kier molecular flexibility index (Phi) is 5.45. The van der Waals surface area contributed by atoms with Crippen molar-refractivity contribution in [1.82, 2.24) is 14.9 Å². The molecule has 186 valence electrons. The van der Waals surface area contributed by atoms with Crippen LogP contribution in [0, 0.1) is 5.41 Å². The molecule has 0 amide bonds. The van der Waals surface area contributed by atoms with Crippen LogP contribution in [0.15, 0.2) is 122 Å².